The summed E-state index contributed by atoms with van der Waals surface area (Å²) in [5.41, 5.74) is 4.47. The van der Waals surface area contributed by atoms with Gasteiger partial charge in [0.1, 0.15) is 17.6 Å². The average Bonchev–Trinajstić information content (AvgIpc) is 2.99. The Kier molecular flexibility index (Phi) is 6.07. The van der Waals surface area contributed by atoms with Crippen molar-refractivity contribution in [3.63, 3.8) is 0 Å². The number of hydrogen-bond acceptors (Lipinski definition) is 6. The fraction of sp³-hybridized carbons (Fsp3) is 0.250. The van der Waals surface area contributed by atoms with Crippen molar-refractivity contribution in [3.05, 3.63) is 53.2 Å². The minimum Gasteiger partial charge on any atom is -0.396 e. The first kappa shape index (κ1) is 20.3. The van der Waals surface area contributed by atoms with Crippen molar-refractivity contribution in [3.8, 4) is 6.07 Å². The first-order valence-electron chi connectivity index (χ1n) is 8.90. The number of aliphatic hydroxyl groups is 1. The Hall–Kier alpha value is -3.48. The molecule has 0 unspecified atom stereocenters. The number of aliphatic hydroxyl groups excluding tert-OH is 1. The molecule has 0 aliphatic carbocycles. The number of nitrogens with zero attached hydrogens (tertiary/aromatic N) is 3. The van der Waals surface area contributed by atoms with E-state index < -0.39 is 11.7 Å². The number of carbonyl (C=O) groups is 1. The molecule has 0 saturated carbocycles. The van der Waals surface area contributed by atoms with Crippen LogP contribution in [0.5, 0.6) is 0 Å². The third-order valence-corrected chi connectivity index (χ3v) is 4.38. The molecule has 0 aliphatic rings. The average molecular weight is 397 g/mol. The molecule has 0 aliphatic heterocycles. The van der Waals surface area contributed by atoms with Crippen LogP contribution in [0.3, 0.4) is 0 Å². The summed E-state index contributed by atoms with van der Waals surface area (Å²) in [5, 5.41) is 21.7. The number of carbonyl (C=O) groups excluding carboxylic acids is 1. The smallest absolute Gasteiger partial charge is 0.293 e. The van der Waals surface area contributed by atoms with Gasteiger partial charge in [0.05, 0.1) is 29.1 Å². The molecular formula is C20H20FN5O3. The monoisotopic (exact) mass is 397 g/mol. The van der Waals surface area contributed by atoms with Gasteiger partial charge in [0, 0.05) is 31.4 Å². The number of hydrogen-bond donors (Lipinski definition) is 3. The highest BCUT2D eigenvalue weighted by Gasteiger charge is 2.24. The number of benzene rings is 1. The van der Waals surface area contributed by atoms with Crippen molar-refractivity contribution in [2.75, 3.05) is 18.5 Å². The Morgan fingerprint density at radius 1 is 1.41 bits per heavy atom. The maximum absolute atomic E-state index is 14.4. The number of aromatic nitrogens is 2. The van der Waals surface area contributed by atoms with E-state index in [-0.39, 0.29) is 30.2 Å². The number of nitriles is 1. The molecule has 2 heterocycles. The molecule has 1 aromatic carbocycles. The number of halogens is 1. The summed E-state index contributed by atoms with van der Waals surface area (Å²) < 4.78 is 16.0. The van der Waals surface area contributed by atoms with Crippen LogP contribution in [-0.2, 0) is 11.9 Å². The first-order valence-corrected chi connectivity index (χ1v) is 8.90. The van der Waals surface area contributed by atoms with Crippen LogP contribution in [0.25, 0.3) is 10.9 Å². The molecule has 3 rings (SSSR count). The second-order valence-electron chi connectivity index (χ2n) is 6.44. The molecule has 0 radical (unpaired) electrons. The van der Waals surface area contributed by atoms with Crippen molar-refractivity contribution in [2.45, 2.75) is 13.3 Å². The predicted molar refractivity (Wildman–Crippen MR) is 105 cm³/mol. The van der Waals surface area contributed by atoms with Crippen LogP contribution in [-0.4, -0.2) is 33.8 Å². The maximum atomic E-state index is 14.4. The molecule has 0 bridgehead atoms. The number of aryl methyl sites for hydroxylation is 2. The summed E-state index contributed by atoms with van der Waals surface area (Å²) in [7, 11) is 1.63. The molecule has 3 aromatic rings. The number of fused-ring (bicyclic) bond motifs is 1. The van der Waals surface area contributed by atoms with Gasteiger partial charge in [-0.05, 0) is 31.0 Å². The van der Waals surface area contributed by atoms with Crippen molar-refractivity contribution >= 4 is 28.2 Å². The molecular weight excluding hydrogens is 377 g/mol. The maximum Gasteiger partial charge on any atom is 0.293 e. The first-order chi connectivity index (χ1) is 14.0. The van der Waals surface area contributed by atoms with E-state index >= 15 is 0 Å². The van der Waals surface area contributed by atoms with Gasteiger partial charge in [-0.15, -0.1) is 0 Å². The quantitative estimate of drug-likeness (QED) is 0.417. The van der Waals surface area contributed by atoms with Crippen LogP contribution in [0, 0.1) is 24.1 Å². The second-order valence-corrected chi connectivity index (χ2v) is 6.44. The summed E-state index contributed by atoms with van der Waals surface area (Å²) in [6.07, 6.45) is 3.27. The molecule has 1 amide bonds. The molecule has 0 saturated heterocycles. The predicted octanol–water partition coefficient (Wildman–Crippen LogP) is 2.68. The van der Waals surface area contributed by atoms with E-state index in [1.165, 1.54) is 23.0 Å². The van der Waals surface area contributed by atoms with E-state index in [1.54, 1.807) is 26.1 Å². The fourth-order valence-corrected chi connectivity index (χ4v) is 3.04. The summed E-state index contributed by atoms with van der Waals surface area (Å²) >= 11 is 0. The summed E-state index contributed by atoms with van der Waals surface area (Å²) in [5.74, 6) is -1.06. The van der Waals surface area contributed by atoms with Gasteiger partial charge in [-0.25, -0.2) is 9.87 Å². The van der Waals surface area contributed by atoms with Crippen LogP contribution in [0.2, 0.25) is 0 Å². The molecule has 0 atom stereocenters. The van der Waals surface area contributed by atoms with Crippen LogP contribution < -0.4 is 10.8 Å². The highest BCUT2D eigenvalue weighted by Crippen LogP contribution is 2.34. The molecule has 29 heavy (non-hydrogen) atoms. The Bertz CT molecular complexity index is 1100. The second kappa shape index (κ2) is 8.68. The van der Waals surface area contributed by atoms with Crippen LogP contribution in [0.15, 0.2) is 30.6 Å². The lowest BCUT2D eigenvalue weighted by Gasteiger charge is -2.12. The van der Waals surface area contributed by atoms with Gasteiger partial charge in [-0.3, -0.25) is 14.6 Å². The zero-order chi connectivity index (χ0) is 21.0. The minimum absolute atomic E-state index is 0.0688. The zero-order valence-corrected chi connectivity index (χ0v) is 16.0. The van der Waals surface area contributed by atoms with Crippen molar-refractivity contribution < 1.29 is 19.1 Å². The van der Waals surface area contributed by atoms with E-state index in [0.29, 0.717) is 23.0 Å². The lowest BCUT2D eigenvalue weighted by molar-refractivity contribution is 0.0256. The van der Waals surface area contributed by atoms with Gasteiger partial charge >= 0.3 is 0 Å². The van der Waals surface area contributed by atoms with Gasteiger partial charge in [0.2, 0.25) is 0 Å². The van der Waals surface area contributed by atoms with Crippen LogP contribution >= 0.6 is 0 Å². The van der Waals surface area contributed by atoms with E-state index in [0.717, 1.165) is 5.56 Å². The highest BCUT2D eigenvalue weighted by molar-refractivity contribution is 6.10. The summed E-state index contributed by atoms with van der Waals surface area (Å²) in [4.78, 5) is 21.9. The minimum atomic E-state index is -0.583. The number of hydroxylamine groups is 1. The van der Waals surface area contributed by atoms with E-state index in [1.807, 2.05) is 0 Å². The third kappa shape index (κ3) is 4.03. The Labute approximate surface area is 166 Å². The Morgan fingerprint density at radius 2 is 2.21 bits per heavy atom. The normalized spacial score (nSPS) is 10.7. The molecule has 150 valence electrons. The fourth-order valence-electron chi connectivity index (χ4n) is 3.04. The van der Waals surface area contributed by atoms with Gasteiger partial charge in [0.25, 0.3) is 5.91 Å². The lowest BCUT2D eigenvalue weighted by atomic mass is 10.2. The van der Waals surface area contributed by atoms with E-state index in [4.69, 9.17) is 9.94 Å². The van der Waals surface area contributed by atoms with Crippen LogP contribution in [0.1, 0.15) is 28.0 Å². The lowest BCUT2D eigenvalue weighted by Crippen LogP contribution is -2.27. The topological polar surface area (TPSA) is 112 Å². The summed E-state index contributed by atoms with van der Waals surface area (Å²) in [6.45, 7) is 1.84. The van der Waals surface area contributed by atoms with E-state index in [9.17, 15) is 14.4 Å². The van der Waals surface area contributed by atoms with Gasteiger partial charge < -0.3 is 15.0 Å². The molecule has 2 aromatic heterocycles. The number of rotatable bonds is 7. The SMILES string of the molecule is Cc1ccc(Nc2c(C(=O)NOCCCO)n(C)c3c(C#N)cncc23)c(F)c1. The van der Waals surface area contributed by atoms with Gasteiger partial charge in [0.15, 0.2) is 0 Å². The number of amides is 1. The van der Waals surface area contributed by atoms with Gasteiger partial charge in [-0.2, -0.15) is 5.26 Å². The van der Waals surface area contributed by atoms with Crippen molar-refractivity contribution in [1.29, 1.82) is 5.26 Å². The standard InChI is InChI=1S/C20H20FN5O3/c1-12-4-5-16(15(21)8-12)24-17-14-11-23-10-13(9-22)18(14)26(2)19(17)20(28)25-29-7-3-6-27/h4-5,8,10-11,24,27H,3,6-7H2,1-2H3,(H,25,28). The third-order valence-electron chi connectivity index (χ3n) is 4.38. The number of anilines is 2. The molecule has 8 nitrogen and oxygen atoms in total. The van der Waals surface area contributed by atoms with Gasteiger partial charge in [-0.1, -0.05) is 6.07 Å². The largest absolute Gasteiger partial charge is 0.396 e. The number of pyridine rings is 1. The molecule has 9 heteroatoms. The summed E-state index contributed by atoms with van der Waals surface area (Å²) in [6, 6.07) is 6.75. The van der Waals surface area contributed by atoms with Crippen molar-refractivity contribution in [2.24, 2.45) is 7.05 Å². The molecule has 0 fully saturated rings. The Balaban J connectivity index is 2.10. The van der Waals surface area contributed by atoms with E-state index in [2.05, 4.69) is 21.9 Å². The molecule has 3 N–H and O–H groups in total. The molecule has 0 spiro atoms. The van der Waals surface area contributed by atoms with Crippen molar-refractivity contribution in [1.82, 2.24) is 15.0 Å². The van der Waals surface area contributed by atoms with Crippen LogP contribution in [0.4, 0.5) is 15.8 Å². The highest BCUT2D eigenvalue weighted by atomic mass is 19.1. The Morgan fingerprint density at radius 3 is 2.90 bits per heavy atom. The zero-order valence-electron chi connectivity index (χ0n) is 16.0. The number of nitrogens with one attached hydrogen (secondary N) is 2.